The number of nitro groups is 1. The van der Waals surface area contributed by atoms with Gasteiger partial charge in [-0.05, 0) is 12.5 Å². The molecule has 1 aliphatic heterocycles. The van der Waals surface area contributed by atoms with Crippen LogP contribution in [0.1, 0.15) is 12.8 Å². The van der Waals surface area contributed by atoms with Crippen LogP contribution in [0.25, 0.3) is 0 Å². The highest BCUT2D eigenvalue weighted by molar-refractivity contribution is 7.89. The van der Waals surface area contributed by atoms with Gasteiger partial charge in [0.1, 0.15) is 6.04 Å². The molecule has 1 aromatic rings. The maximum absolute atomic E-state index is 12.6. The van der Waals surface area contributed by atoms with Crippen molar-refractivity contribution in [2.75, 3.05) is 26.2 Å². The molecule has 1 aliphatic rings. The average molecular weight is 400 g/mol. The number of hydrogen-bond acceptors (Lipinski definition) is 7. The van der Waals surface area contributed by atoms with Crippen molar-refractivity contribution in [2.45, 2.75) is 23.8 Å². The van der Waals surface area contributed by atoms with Gasteiger partial charge in [-0.2, -0.15) is 4.31 Å². The second kappa shape index (κ2) is 8.41. The summed E-state index contributed by atoms with van der Waals surface area (Å²) in [6, 6.07) is 3.67. The van der Waals surface area contributed by atoms with Crippen LogP contribution in [-0.4, -0.2) is 71.8 Å². The third-order valence-electron chi connectivity index (χ3n) is 4.24. The molecule has 0 bridgehead atoms. The molecule has 2 rings (SSSR count). The number of carbonyl (C=O) groups excluding carboxylic acids is 1. The fourth-order valence-electron chi connectivity index (χ4n) is 2.65. The number of hydrogen-bond donors (Lipinski definition) is 2. The smallest absolute Gasteiger partial charge is 0.320 e. The van der Waals surface area contributed by atoms with E-state index >= 15 is 0 Å². The van der Waals surface area contributed by atoms with Crippen LogP contribution >= 0.6 is 0 Å². The van der Waals surface area contributed by atoms with E-state index in [1.807, 2.05) is 0 Å². The molecule has 27 heavy (non-hydrogen) atoms. The summed E-state index contributed by atoms with van der Waals surface area (Å²) in [5.41, 5.74) is 5.05. The monoisotopic (exact) mass is 400 g/mol. The number of piperazine rings is 1. The number of rotatable bonds is 7. The highest BCUT2D eigenvalue weighted by Crippen LogP contribution is 2.22. The molecule has 1 amide bonds. The fraction of sp³-hybridized carbons (Fsp3) is 0.467. The molecule has 3 N–H and O–H groups in total. The number of carbonyl (C=O) groups is 2. The number of sulfonamides is 1. The minimum absolute atomic E-state index is 0.000359. The second-order valence-electron chi connectivity index (χ2n) is 6.02. The summed E-state index contributed by atoms with van der Waals surface area (Å²) >= 11 is 0. The predicted molar refractivity (Wildman–Crippen MR) is 93.3 cm³/mol. The Labute approximate surface area is 155 Å². The van der Waals surface area contributed by atoms with Gasteiger partial charge in [-0.1, -0.05) is 6.07 Å². The van der Waals surface area contributed by atoms with Crippen LogP contribution in [0.3, 0.4) is 0 Å². The first-order valence-corrected chi connectivity index (χ1v) is 9.57. The van der Waals surface area contributed by atoms with Gasteiger partial charge in [0.05, 0.1) is 9.82 Å². The Morgan fingerprint density at radius 1 is 1.26 bits per heavy atom. The van der Waals surface area contributed by atoms with Gasteiger partial charge < -0.3 is 15.7 Å². The van der Waals surface area contributed by atoms with E-state index in [9.17, 15) is 28.1 Å². The normalized spacial score (nSPS) is 16.7. The lowest BCUT2D eigenvalue weighted by molar-refractivity contribution is -0.385. The lowest BCUT2D eigenvalue weighted by Crippen LogP contribution is -2.50. The third kappa shape index (κ3) is 4.99. The first-order chi connectivity index (χ1) is 12.6. The summed E-state index contributed by atoms with van der Waals surface area (Å²) in [6.45, 7) is 0.383. The van der Waals surface area contributed by atoms with Crippen LogP contribution < -0.4 is 5.73 Å². The number of non-ortho nitro benzene ring substituents is 1. The zero-order valence-electron chi connectivity index (χ0n) is 14.4. The molecule has 1 aromatic carbocycles. The van der Waals surface area contributed by atoms with Crippen molar-refractivity contribution in [3.63, 3.8) is 0 Å². The zero-order valence-corrected chi connectivity index (χ0v) is 15.2. The highest BCUT2D eigenvalue weighted by Gasteiger charge is 2.31. The lowest BCUT2D eigenvalue weighted by atomic mass is 10.1. The SMILES string of the molecule is N[C@@H](CCC(=O)N1CCN(S(=O)(=O)c2cccc([N+](=O)[O-])c2)CC1)C(=O)O. The van der Waals surface area contributed by atoms with Crippen molar-refractivity contribution >= 4 is 27.6 Å². The van der Waals surface area contributed by atoms with Crippen molar-refractivity contribution in [3.05, 3.63) is 34.4 Å². The Kier molecular flexibility index (Phi) is 6.46. The number of carboxylic acid groups (broad SMARTS) is 1. The Morgan fingerprint density at radius 3 is 2.44 bits per heavy atom. The van der Waals surface area contributed by atoms with E-state index in [-0.39, 0.29) is 55.5 Å². The van der Waals surface area contributed by atoms with E-state index in [4.69, 9.17) is 10.8 Å². The van der Waals surface area contributed by atoms with Gasteiger partial charge in [0.2, 0.25) is 15.9 Å². The molecule has 11 nitrogen and oxygen atoms in total. The van der Waals surface area contributed by atoms with Gasteiger partial charge >= 0.3 is 5.97 Å². The molecule has 12 heteroatoms. The minimum Gasteiger partial charge on any atom is -0.480 e. The molecule has 0 unspecified atom stereocenters. The Hall–Kier alpha value is -2.57. The van der Waals surface area contributed by atoms with Crippen LogP contribution in [0.5, 0.6) is 0 Å². The van der Waals surface area contributed by atoms with Gasteiger partial charge in [0, 0.05) is 44.7 Å². The summed E-state index contributed by atoms with van der Waals surface area (Å²) in [5, 5.41) is 19.6. The van der Waals surface area contributed by atoms with Crippen molar-refractivity contribution in [2.24, 2.45) is 5.73 Å². The topological polar surface area (TPSA) is 164 Å². The number of aliphatic carboxylic acids is 1. The van der Waals surface area contributed by atoms with Crippen LogP contribution in [0, 0.1) is 10.1 Å². The summed E-state index contributed by atoms with van der Waals surface area (Å²) in [4.78, 5) is 34.2. The highest BCUT2D eigenvalue weighted by atomic mass is 32.2. The number of amides is 1. The standard InChI is InChI=1S/C15H20N4O7S/c16-13(15(21)22)4-5-14(20)17-6-8-18(9-7-17)27(25,26)12-3-1-2-11(10-12)19(23)24/h1-3,10,13H,4-9,16H2,(H,21,22)/t13-/m0/s1. The summed E-state index contributed by atoms with van der Waals surface area (Å²) in [5.74, 6) is -1.48. The molecule has 1 saturated heterocycles. The van der Waals surface area contributed by atoms with Crippen LogP contribution in [0.15, 0.2) is 29.2 Å². The van der Waals surface area contributed by atoms with E-state index in [2.05, 4.69) is 0 Å². The van der Waals surface area contributed by atoms with E-state index in [1.165, 1.54) is 27.4 Å². The Balaban J connectivity index is 1.98. The molecule has 1 fully saturated rings. The number of nitrogens with two attached hydrogens (primary N) is 1. The zero-order chi connectivity index (χ0) is 20.2. The molecule has 0 aromatic heterocycles. The summed E-state index contributed by atoms with van der Waals surface area (Å²) in [7, 11) is -3.91. The lowest BCUT2D eigenvalue weighted by Gasteiger charge is -2.34. The van der Waals surface area contributed by atoms with Crippen LogP contribution in [0.4, 0.5) is 5.69 Å². The molecule has 148 valence electrons. The average Bonchev–Trinajstić information content (AvgIpc) is 2.65. The number of benzene rings is 1. The number of nitro benzene ring substituents is 1. The van der Waals surface area contributed by atoms with Crippen molar-refractivity contribution in [3.8, 4) is 0 Å². The Bertz CT molecular complexity index is 834. The number of nitrogens with zero attached hydrogens (tertiary/aromatic N) is 3. The number of carboxylic acids is 1. The van der Waals surface area contributed by atoms with E-state index < -0.39 is 27.0 Å². The van der Waals surface area contributed by atoms with Gasteiger partial charge in [-0.25, -0.2) is 8.42 Å². The first kappa shape index (κ1) is 20.7. The molecule has 0 radical (unpaired) electrons. The molecule has 0 aliphatic carbocycles. The Morgan fingerprint density at radius 2 is 1.89 bits per heavy atom. The molecular weight excluding hydrogens is 380 g/mol. The molecule has 0 saturated carbocycles. The third-order valence-corrected chi connectivity index (χ3v) is 6.14. The van der Waals surface area contributed by atoms with Gasteiger partial charge in [0.15, 0.2) is 0 Å². The van der Waals surface area contributed by atoms with E-state index in [1.54, 1.807) is 0 Å². The fourth-order valence-corrected chi connectivity index (χ4v) is 4.11. The molecule has 0 spiro atoms. The van der Waals surface area contributed by atoms with E-state index in [0.717, 1.165) is 6.07 Å². The minimum atomic E-state index is -3.91. The van der Waals surface area contributed by atoms with Gasteiger partial charge in [-0.3, -0.25) is 19.7 Å². The van der Waals surface area contributed by atoms with Crippen molar-refractivity contribution in [1.29, 1.82) is 0 Å². The van der Waals surface area contributed by atoms with Crippen LogP contribution in [-0.2, 0) is 19.6 Å². The molecule has 1 heterocycles. The second-order valence-corrected chi connectivity index (χ2v) is 7.96. The maximum atomic E-state index is 12.6. The van der Waals surface area contributed by atoms with E-state index in [0.29, 0.717) is 0 Å². The summed E-state index contributed by atoms with van der Waals surface area (Å²) in [6.07, 6.45) is -0.0363. The summed E-state index contributed by atoms with van der Waals surface area (Å²) < 4.78 is 26.5. The molecule has 1 atom stereocenters. The largest absolute Gasteiger partial charge is 0.480 e. The van der Waals surface area contributed by atoms with Gasteiger partial charge in [-0.15, -0.1) is 0 Å². The van der Waals surface area contributed by atoms with Crippen LogP contribution in [0.2, 0.25) is 0 Å². The first-order valence-electron chi connectivity index (χ1n) is 8.13. The predicted octanol–water partition coefficient (Wildman–Crippen LogP) is -0.380. The van der Waals surface area contributed by atoms with Gasteiger partial charge in [0.25, 0.3) is 5.69 Å². The molecular formula is C15H20N4O7S. The van der Waals surface area contributed by atoms with Crippen molar-refractivity contribution in [1.82, 2.24) is 9.21 Å². The van der Waals surface area contributed by atoms with Crippen molar-refractivity contribution < 1.29 is 28.0 Å². The maximum Gasteiger partial charge on any atom is 0.320 e. The quantitative estimate of drug-likeness (QED) is 0.462.